The average molecular weight is 238 g/mol. The summed E-state index contributed by atoms with van der Waals surface area (Å²) in [7, 11) is 0. The molecule has 0 heterocycles. The van der Waals surface area contributed by atoms with Crippen molar-refractivity contribution >= 4 is 17.3 Å². The van der Waals surface area contributed by atoms with Crippen LogP contribution in [-0.2, 0) is 0 Å². The molecular weight excluding hydrogens is 218 g/mol. The van der Waals surface area contributed by atoms with Gasteiger partial charge in [0.2, 0.25) is 0 Å². The Morgan fingerprint density at radius 3 is 1.81 bits per heavy atom. The number of hydrogen-bond donors (Lipinski definition) is 0. The lowest BCUT2D eigenvalue weighted by Gasteiger charge is -2.11. The summed E-state index contributed by atoms with van der Waals surface area (Å²) in [5, 5.41) is 0.487. The van der Waals surface area contributed by atoms with Crippen molar-refractivity contribution < 1.29 is 0 Å². The Bertz CT molecular complexity index is 387. The summed E-state index contributed by atoms with van der Waals surface area (Å²) in [6.45, 7) is 17.5. The van der Waals surface area contributed by atoms with Crippen LogP contribution >= 0.6 is 11.6 Å². The van der Waals surface area contributed by atoms with Crippen LogP contribution in [0.15, 0.2) is 51.7 Å². The molecule has 0 rings (SSSR count). The minimum atomic E-state index is 0.487. The summed E-state index contributed by atoms with van der Waals surface area (Å²) in [5.41, 5.74) is 4.94. The van der Waals surface area contributed by atoms with Gasteiger partial charge >= 0.3 is 0 Å². The van der Waals surface area contributed by atoms with Gasteiger partial charge < -0.3 is 0 Å². The van der Waals surface area contributed by atoms with E-state index in [0.717, 1.165) is 28.1 Å². The van der Waals surface area contributed by atoms with Gasteiger partial charge in [0.05, 0.1) is 5.70 Å². The van der Waals surface area contributed by atoms with Gasteiger partial charge in [0.15, 0.2) is 0 Å². The van der Waals surface area contributed by atoms with Crippen molar-refractivity contribution in [2.45, 2.75) is 34.6 Å². The summed E-state index contributed by atoms with van der Waals surface area (Å²) in [4.78, 5) is 4.52. The predicted molar refractivity (Wildman–Crippen MR) is 75.0 cm³/mol. The highest BCUT2D eigenvalue weighted by molar-refractivity contribution is 6.31. The van der Waals surface area contributed by atoms with Gasteiger partial charge in [-0.3, -0.25) is 4.99 Å². The van der Waals surface area contributed by atoms with Gasteiger partial charge in [0, 0.05) is 16.3 Å². The lowest BCUT2D eigenvalue weighted by atomic mass is 10.0. The standard InChI is InChI=1S/C14H20ClN/c1-9(2)13(8-12(7)15)14(10(3)4)16-11(5)6/h8H,1,7H2,2-6H3/b13-8-. The fraction of sp³-hybridized carbons (Fsp3) is 0.357. The summed E-state index contributed by atoms with van der Waals surface area (Å²) in [6.07, 6.45) is 1.80. The molecule has 0 aliphatic carbocycles. The smallest absolute Gasteiger partial charge is 0.0690 e. The number of rotatable bonds is 4. The molecule has 0 radical (unpaired) electrons. The van der Waals surface area contributed by atoms with E-state index in [1.165, 1.54) is 0 Å². The summed E-state index contributed by atoms with van der Waals surface area (Å²) < 4.78 is 0. The van der Waals surface area contributed by atoms with Crippen LogP contribution < -0.4 is 0 Å². The molecular formula is C14H20ClN. The molecule has 0 aromatic heterocycles. The first-order chi connectivity index (χ1) is 7.25. The SMILES string of the molecule is C=C(Cl)/C=C(/C(=C)C)C(N=C(C)C)=C(C)C. The summed E-state index contributed by atoms with van der Waals surface area (Å²) in [6, 6.07) is 0. The minimum Gasteiger partial charge on any atom is -0.258 e. The van der Waals surface area contributed by atoms with Gasteiger partial charge in [-0.1, -0.05) is 30.3 Å². The third kappa shape index (κ3) is 5.13. The molecule has 0 aromatic rings. The molecule has 0 spiro atoms. The highest BCUT2D eigenvalue weighted by Gasteiger charge is 2.07. The molecule has 16 heavy (non-hydrogen) atoms. The molecule has 0 aliphatic heterocycles. The highest BCUT2D eigenvalue weighted by Crippen LogP contribution is 2.24. The average Bonchev–Trinajstić information content (AvgIpc) is 2.09. The maximum absolute atomic E-state index is 5.82. The Morgan fingerprint density at radius 2 is 1.56 bits per heavy atom. The van der Waals surface area contributed by atoms with Gasteiger partial charge in [-0.25, -0.2) is 0 Å². The van der Waals surface area contributed by atoms with Crippen LogP contribution in [0.5, 0.6) is 0 Å². The quantitative estimate of drug-likeness (QED) is 0.481. The van der Waals surface area contributed by atoms with E-state index in [1.807, 2.05) is 34.6 Å². The lowest BCUT2D eigenvalue weighted by molar-refractivity contribution is 1.18. The second kappa shape index (κ2) is 6.49. The first-order valence-corrected chi connectivity index (χ1v) is 5.55. The van der Waals surface area contributed by atoms with Crippen molar-refractivity contribution in [2.24, 2.45) is 4.99 Å². The summed E-state index contributed by atoms with van der Waals surface area (Å²) in [5.74, 6) is 0. The molecule has 0 unspecified atom stereocenters. The molecule has 0 N–H and O–H groups in total. The zero-order chi connectivity index (χ0) is 12.9. The van der Waals surface area contributed by atoms with Gasteiger partial charge in [-0.05, 0) is 46.3 Å². The van der Waals surface area contributed by atoms with Gasteiger partial charge in [-0.2, -0.15) is 0 Å². The van der Waals surface area contributed by atoms with Crippen molar-refractivity contribution in [2.75, 3.05) is 0 Å². The minimum absolute atomic E-state index is 0.487. The van der Waals surface area contributed by atoms with E-state index in [9.17, 15) is 0 Å². The van der Waals surface area contributed by atoms with E-state index in [2.05, 4.69) is 18.2 Å². The molecule has 88 valence electrons. The topological polar surface area (TPSA) is 12.4 Å². The second-order valence-corrected chi connectivity index (χ2v) is 4.68. The zero-order valence-electron chi connectivity index (χ0n) is 10.8. The Labute approximate surface area is 104 Å². The summed E-state index contributed by atoms with van der Waals surface area (Å²) >= 11 is 5.82. The predicted octanol–water partition coefficient (Wildman–Crippen LogP) is 5.02. The molecule has 1 nitrogen and oxygen atoms in total. The number of halogens is 1. The number of nitrogens with zero attached hydrogens (tertiary/aromatic N) is 1. The van der Waals surface area contributed by atoms with Gasteiger partial charge in [0.1, 0.15) is 0 Å². The Hall–Kier alpha value is -1.08. The van der Waals surface area contributed by atoms with E-state index in [-0.39, 0.29) is 0 Å². The Balaban J connectivity index is 5.68. The highest BCUT2D eigenvalue weighted by atomic mass is 35.5. The van der Waals surface area contributed by atoms with Crippen LogP contribution in [0.2, 0.25) is 0 Å². The first-order valence-electron chi connectivity index (χ1n) is 5.17. The van der Waals surface area contributed by atoms with Crippen LogP contribution in [-0.4, -0.2) is 5.71 Å². The third-order valence-corrected chi connectivity index (χ3v) is 1.93. The fourth-order valence-corrected chi connectivity index (χ4v) is 1.32. The monoisotopic (exact) mass is 237 g/mol. The van der Waals surface area contributed by atoms with Crippen LogP contribution in [0.25, 0.3) is 0 Å². The van der Waals surface area contributed by atoms with Crippen molar-refractivity contribution in [3.63, 3.8) is 0 Å². The molecule has 0 aromatic carbocycles. The van der Waals surface area contributed by atoms with E-state index in [4.69, 9.17) is 11.6 Å². The molecule has 0 bridgehead atoms. The largest absolute Gasteiger partial charge is 0.258 e. The van der Waals surface area contributed by atoms with E-state index in [1.54, 1.807) is 6.08 Å². The Kier molecular flexibility index (Phi) is 6.05. The van der Waals surface area contributed by atoms with Crippen molar-refractivity contribution in [1.29, 1.82) is 0 Å². The maximum Gasteiger partial charge on any atom is 0.0690 e. The molecule has 0 saturated carbocycles. The molecule has 0 amide bonds. The van der Waals surface area contributed by atoms with Crippen LogP contribution in [0, 0.1) is 0 Å². The number of allylic oxidation sites excluding steroid dienone is 4. The van der Waals surface area contributed by atoms with E-state index in [0.29, 0.717) is 5.03 Å². The van der Waals surface area contributed by atoms with Crippen LogP contribution in [0.1, 0.15) is 34.6 Å². The normalized spacial score (nSPS) is 10.8. The number of aliphatic imine (C=N–C) groups is 1. The van der Waals surface area contributed by atoms with E-state index < -0.39 is 0 Å². The van der Waals surface area contributed by atoms with E-state index >= 15 is 0 Å². The molecule has 0 saturated heterocycles. The lowest BCUT2D eigenvalue weighted by Crippen LogP contribution is -1.95. The maximum atomic E-state index is 5.82. The number of hydrogen-bond acceptors (Lipinski definition) is 1. The molecule has 0 fully saturated rings. The Morgan fingerprint density at radius 1 is 1.06 bits per heavy atom. The molecule has 0 atom stereocenters. The van der Waals surface area contributed by atoms with Crippen LogP contribution in [0.3, 0.4) is 0 Å². The zero-order valence-corrected chi connectivity index (χ0v) is 11.6. The molecule has 0 aliphatic rings. The second-order valence-electron chi connectivity index (χ2n) is 4.19. The van der Waals surface area contributed by atoms with Crippen LogP contribution in [0.4, 0.5) is 0 Å². The van der Waals surface area contributed by atoms with Crippen molar-refractivity contribution in [3.8, 4) is 0 Å². The first kappa shape index (κ1) is 14.9. The third-order valence-electron chi connectivity index (χ3n) is 1.82. The molecule has 2 heteroatoms. The fourth-order valence-electron chi connectivity index (χ4n) is 1.22. The van der Waals surface area contributed by atoms with Crippen molar-refractivity contribution in [3.05, 3.63) is 46.7 Å². The van der Waals surface area contributed by atoms with Crippen molar-refractivity contribution in [1.82, 2.24) is 0 Å². The van der Waals surface area contributed by atoms with Gasteiger partial charge in [-0.15, -0.1) is 0 Å². The van der Waals surface area contributed by atoms with Gasteiger partial charge in [0.25, 0.3) is 0 Å².